The lowest BCUT2D eigenvalue weighted by Crippen LogP contribution is -2.33. The van der Waals surface area contributed by atoms with Gasteiger partial charge in [0.15, 0.2) is 11.5 Å². The Morgan fingerprint density at radius 1 is 1.00 bits per heavy atom. The minimum Gasteiger partial charge on any atom is -0.493 e. The van der Waals surface area contributed by atoms with Crippen LogP contribution in [0.3, 0.4) is 0 Å². The third-order valence-electron chi connectivity index (χ3n) is 7.27. The maximum atomic E-state index is 14.2. The zero-order chi connectivity index (χ0) is 31.5. The van der Waals surface area contributed by atoms with Crippen LogP contribution in [0, 0.1) is 6.92 Å². The molecule has 0 spiro atoms. The quantitative estimate of drug-likeness (QED) is 0.0990. The van der Waals surface area contributed by atoms with E-state index in [-0.39, 0.29) is 11.9 Å². The zero-order valence-corrected chi connectivity index (χ0v) is 27.0. The highest BCUT2D eigenvalue weighted by Crippen LogP contribution is 2.35. The van der Waals surface area contributed by atoms with E-state index in [0.29, 0.717) is 23.5 Å². The number of anilines is 1. The Labute approximate surface area is 265 Å². The molecule has 0 fully saturated rings. The molecular formula is C36H40N4O3S. The number of nitrogens with one attached hydrogen (secondary N) is 1. The molecule has 1 unspecified atom stereocenters. The van der Waals surface area contributed by atoms with E-state index in [1.54, 1.807) is 32.2 Å². The fourth-order valence-electron chi connectivity index (χ4n) is 4.77. The first-order chi connectivity index (χ1) is 21.3. The summed E-state index contributed by atoms with van der Waals surface area (Å²) in [5.74, 6) is 2.73. The van der Waals surface area contributed by atoms with Gasteiger partial charge in [-0.25, -0.2) is 9.98 Å². The van der Waals surface area contributed by atoms with Crippen molar-refractivity contribution in [3.63, 3.8) is 0 Å². The minimum absolute atomic E-state index is 0.0453. The monoisotopic (exact) mass is 608 g/mol. The van der Waals surface area contributed by atoms with Gasteiger partial charge in [-0.2, -0.15) is 0 Å². The minimum atomic E-state index is -0.226. The van der Waals surface area contributed by atoms with E-state index in [1.165, 1.54) is 0 Å². The smallest absolute Gasteiger partial charge is 0.254 e. The van der Waals surface area contributed by atoms with Gasteiger partial charge in [0, 0.05) is 34.8 Å². The van der Waals surface area contributed by atoms with E-state index >= 15 is 0 Å². The number of aryl methyl sites for hydroxylation is 1. The Morgan fingerprint density at radius 3 is 2.43 bits per heavy atom. The Hall–Kier alpha value is -4.56. The zero-order valence-electron chi connectivity index (χ0n) is 26.2. The first-order valence-electron chi connectivity index (χ1n) is 14.6. The van der Waals surface area contributed by atoms with Crippen LogP contribution in [0.1, 0.15) is 53.4 Å². The summed E-state index contributed by atoms with van der Waals surface area (Å²) in [5, 5.41) is 3.20. The van der Waals surface area contributed by atoms with Crippen LogP contribution >= 0.6 is 11.8 Å². The number of thioether (sulfide) groups is 1. The van der Waals surface area contributed by atoms with Crippen LogP contribution in [0.5, 0.6) is 11.5 Å². The predicted octanol–water partition coefficient (Wildman–Crippen LogP) is 8.34. The van der Waals surface area contributed by atoms with Crippen LogP contribution in [0.2, 0.25) is 0 Å². The largest absolute Gasteiger partial charge is 0.493 e. The number of hydrogen-bond acceptors (Lipinski definition) is 6. The maximum Gasteiger partial charge on any atom is 0.254 e. The molecule has 228 valence electrons. The van der Waals surface area contributed by atoms with Crippen molar-refractivity contribution in [1.29, 1.82) is 0 Å². The van der Waals surface area contributed by atoms with Crippen molar-refractivity contribution in [2.75, 3.05) is 26.6 Å². The van der Waals surface area contributed by atoms with Gasteiger partial charge in [0.2, 0.25) is 0 Å². The number of hydrogen-bond donors (Lipinski definition) is 1. The van der Waals surface area contributed by atoms with E-state index in [1.807, 2.05) is 98.7 Å². The number of benzene rings is 3. The summed E-state index contributed by atoms with van der Waals surface area (Å²) in [6, 6.07) is 27.6. The number of methoxy groups -OCH3 is 2. The summed E-state index contributed by atoms with van der Waals surface area (Å²) in [7, 11) is 5.11. The first-order valence-corrected chi connectivity index (χ1v) is 15.4. The van der Waals surface area contributed by atoms with Crippen molar-refractivity contribution in [3.8, 4) is 11.5 Å². The molecule has 0 aliphatic rings. The Balaban J connectivity index is 1.59. The van der Waals surface area contributed by atoms with Gasteiger partial charge in [-0.1, -0.05) is 67.2 Å². The molecule has 1 atom stereocenters. The second-order valence-electron chi connectivity index (χ2n) is 10.3. The highest BCUT2D eigenvalue weighted by Gasteiger charge is 2.26. The highest BCUT2D eigenvalue weighted by atomic mass is 32.2. The number of allylic oxidation sites excluding steroid dienone is 1. The average Bonchev–Trinajstić information content (AvgIpc) is 3.06. The van der Waals surface area contributed by atoms with Crippen molar-refractivity contribution >= 4 is 29.3 Å². The second kappa shape index (κ2) is 15.8. The summed E-state index contributed by atoms with van der Waals surface area (Å²) in [6.45, 7) is 5.98. The first kappa shape index (κ1) is 32.4. The summed E-state index contributed by atoms with van der Waals surface area (Å²) >= 11 is 1.61. The fraction of sp³-hybridized carbons (Fsp3) is 0.250. The number of aromatic nitrogens is 1. The molecule has 7 nitrogen and oxygen atoms in total. The van der Waals surface area contributed by atoms with Crippen molar-refractivity contribution in [2.45, 2.75) is 44.6 Å². The number of likely N-dealkylation sites (N-methyl/N-ethyl adjacent to an activating group) is 1. The van der Waals surface area contributed by atoms with Gasteiger partial charge in [-0.15, -0.1) is 0 Å². The maximum absolute atomic E-state index is 14.2. The van der Waals surface area contributed by atoms with Crippen LogP contribution in [0.4, 0.5) is 5.82 Å². The lowest BCUT2D eigenvalue weighted by atomic mass is 9.96. The van der Waals surface area contributed by atoms with Crippen molar-refractivity contribution in [2.24, 2.45) is 4.99 Å². The average molecular weight is 609 g/mol. The number of ether oxygens (including phenoxy) is 2. The lowest BCUT2D eigenvalue weighted by Gasteiger charge is -2.30. The van der Waals surface area contributed by atoms with Crippen molar-refractivity contribution in [3.05, 3.63) is 124 Å². The molecule has 0 radical (unpaired) electrons. The van der Waals surface area contributed by atoms with Gasteiger partial charge in [0.25, 0.3) is 5.91 Å². The standard InChI is InChI=1S/C36H40N4O3S/c1-7-29(24-38-26(3)39-35-15-11-12-20-37-35)44-30-18-16-25(2)31(23-30)36(41)40(4)32(21-27-13-9-8-10-14-27)28-17-19-33(42-5)34(22-28)43-6/h8-20,22-24,32H,7,21H2,1-6H3,(H,37,38,39)/b29-24+. The Morgan fingerprint density at radius 2 is 1.75 bits per heavy atom. The predicted molar refractivity (Wildman–Crippen MR) is 181 cm³/mol. The number of carbonyl (C=O) groups excluding carboxylic acids is 1. The van der Waals surface area contributed by atoms with Gasteiger partial charge >= 0.3 is 0 Å². The molecule has 4 rings (SSSR count). The van der Waals surface area contributed by atoms with Gasteiger partial charge in [0.05, 0.1) is 20.3 Å². The summed E-state index contributed by atoms with van der Waals surface area (Å²) < 4.78 is 11.1. The highest BCUT2D eigenvalue weighted by molar-refractivity contribution is 8.03. The number of amides is 1. The molecule has 0 aliphatic heterocycles. The molecule has 4 aromatic rings. The molecule has 3 aromatic carbocycles. The van der Waals surface area contributed by atoms with Crippen molar-refractivity contribution in [1.82, 2.24) is 9.88 Å². The normalized spacial score (nSPS) is 12.4. The summed E-state index contributed by atoms with van der Waals surface area (Å²) in [4.78, 5) is 26.9. The number of aliphatic imine (C=N–C) groups is 1. The van der Waals surface area contributed by atoms with E-state index < -0.39 is 0 Å². The number of nitrogens with zero attached hydrogens (tertiary/aromatic N) is 3. The molecule has 0 saturated heterocycles. The topological polar surface area (TPSA) is 76.1 Å². The van der Waals surface area contributed by atoms with E-state index in [4.69, 9.17) is 9.47 Å². The van der Waals surface area contributed by atoms with E-state index in [2.05, 4.69) is 40.4 Å². The molecule has 8 heteroatoms. The van der Waals surface area contributed by atoms with E-state index in [0.717, 1.165) is 44.6 Å². The van der Waals surface area contributed by atoms with Crippen LogP contribution < -0.4 is 14.8 Å². The number of amidine groups is 1. The third-order valence-corrected chi connectivity index (χ3v) is 8.41. The van der Waals surface area contributed by atoms with Crippen LogP contribution in [-0.2, 0) is 6.42 Å². The summed E-state index contributed by atoms with van der Waals surface area (Å²) in [6.07, 6.45) is 5.07. The molecular weight excluding hydrogens is 568 g/mol. The Kier molecular flexibility index (Phi) is 11.6. The molecule has 0 aliphatic carbocycles. The van der Waals surface area contributed by atoms with Crippen LogP contribution in [-0.4, -0.2) is 42.9 Å². The molecule has 1 aromatic heterocycles. The van der Waals surface area contributed by atoms with Gasteiger partial charge in [0.1, 0.15) is 11.7 Å². The van der Waals surface area contributed by atoms with Gasteiger partial charge in [-0.05, 0) is 79.8 Å². The lowest BCUT2D eigenvalue weighted by molar-refractivity contribution is 0.0728. The number of carbonyl (C=O) groups is 1. The van der Waals surface area contributed by atoms with Crippen molar-refractivity contribution < 1.29 is 14.3 Å². The molecule has 0 saturated carbocycles. The molecule has 0 bridgehead atoms. The van der Waals surface area contributed by atoms with Crippen LogP contribution in [0.25, 0.3) is 0 Å². The van der Waals surface area contributed by atoms with Crippen LogP contribution in [0.15, 0.2) is 112 Å². The number of pyridine rings is 1. The molecule has 1 N–H and O–H groups in total. The Bertz CT molecular complexity index is 1610. The fourth-order valence-corrected chi connectivity index (χ4v) is 5.63. The third kappa shape index (κ3) is 8.51. The summed E-state index contributed by atoms with van der Waals surface area (Å²) in [5.41, 5.74) is 3.70. The van der Waals surface area contributed by atoms with Gasteiger partial charge < -0.3 is 19.7 Å². The second-order valence-corrected chi connectivity index (χ2v) is 11.5. The van der Waals surface area contributed by atoms with Gasteiger partial charge in [-0.3, -0.25) is 4.79 Å². The van der Waals surface area contributed by atoms with E-state index in [9.17, 15) is 4.79 Å². The molecule has 44 heavy (non-hydrogen) atoms. The molecule has 1 heterocycles. The number of rotatable bonds is 12. The SMILES string of the molecule is CC/C(=C\N=C(C)Nc1ccccn1)Sc1ccc(C)c(C(=O)N(C)C(Cc2ccccc2)c2ccc(OC)c(OC)c2)c1. The molecule has 1 amide bonds.